The number of H-pyrrole nitrogens is 1. The number of fused-ring (bicyclic) bond motifs is 2. The SMILES string of the molecule is O=C(CCc1nc2ccccc2c(=O)[nH]1)Nc1ccc(F)c(-c2nnc3n2CCCCC3)c1. The highest BCUT2D eigenvalue weighted by molar-refractivity contribution is 5.91. The Labute approximate surface area is 188 Å². The first-order chi connectivity index (χ1) is 16.1. The summed E-state index contributed by atoms with van der Waals surface area (Å²) in [7, 11) is 0. The highest BCUT2D eigenvalue weighted by atomic mass is 19.1. The second kappa shape index (κ2) is 8.93. The summed E-state index contributed by atoms with van der Waals surface area (Å²) in [4.78, 5) is 31.9. The normalized spacial score (nSPS) is 13.5. The predicted octanol–water partition coefficient (Wildman–Crippen LogP) is 3.62. The van der Waals surface area contributed by atoms with Gasteiger partial charge < -0.3 is 14.9 Å². The molecule has 0 saturated carbocycles. The van der Waals surface area contributed by atoms with Crippen LogP contribution in [-0.4, -0.2) is 30.6 Å². The van der Waals surface area contributed by atoms with Crippen LogP contribution in [0.5, 0.6) is 0 Å². The maximum atomic E-state index is 14.6. The van der Waals surface area contributed by atoms with E-state index in [4.69, 9.17) is 0 Å². The fourth-order valence-corrected chi connectivity index (χ4v) is 4.17. The molecule has 5 rings (SSSR count). The lowest BCUT2D eigenvalue weighted by atomic mass is 10.1. The summed E-state index contributed by atoms with van der Waals surface area (Å²) in [5.41, 5.74) is 1.15. The van der Waals surface area contributed by atoms with Crippen molar-refractivity contribution in [1.29, 1.82) is 0 Å². The molecule has 0 unspecified atom stereocenters. The van der Waals surface area contributed by atoms with Crippen LogP contribution in [0.2, 0.25) is 0 Å². The van der Waals surface area contributed by atoms with E-state index >= 15 is 0 Å². The molecule has 4 aromatic rings. The van der Waals surface area contributed by atoms with Gasteiger partial charge in [0.05, 0.1) is 16.5 Å². The first-order valence-electron chi connectivity index (χ1n) is 11.1. The molecule has 0 bridgehead atoms. The van der Waals surface area contributed by atoms with Crippen molar-refractivity contribution in [3.05, 3.63) is 70.3 Å². The van der Waals surface area contributed by atoms with Crippen LogP contribution in [-0.2, 0) is 24.2 Å². The Morgan fingerprint density at radius 3 is 2.91 bits per heavy atom. The summed E-state index contributed by atoms with van der Waals surface area (Å²) in [5.74, 6) is 1.13. The number of amides is 1. The Balaban J connectivity index is 1.31. The quantitative estimate of drug-likeness (QED) is 0.487. The van der Waals surface area contributed by atoms with Crippen molar-refractivity contribution in [2.24, 2.45) is 0 Å². The molecule has 168 valence electrons. The minimum atomic E-state index is -0.412. The van der Waals surface area contributed by atoms with Crippen LogP contribution in [0.4, 0.5) is 10.1 Å². The first-order valence-corrected chi connectivity index (χ1v) is 11.1. The predicted molar refractivity (Wildman–Crippen MR) is 122 cm³/mol. The highest BCUT2D eigenvalue weighted by Gasteiger charge is 2.19. The Kier molecular flexibility index (Phi) is 5.68. The summed E-state index contributed by atoms with van der Waals surface area (Å²) in [6, 6.07) is 11.5. The Bertz CT molecular complexity index is 1390. The number of aromatic nitrogens is 5. The van der Waals surface area contributed by atoms with Crippen LogP contribution >= 0.6 is 0 Å². The zero-order chi connectivity index (χ0) is 22.8. The molecule has 8 nitrogen and oxygen atoms in total. The molecule has 0 atom stereocenters. The van der Waals surface area contributed by atoms with Crippen molar-refractivity contribution in [3.8, 4) is 11.4 Å². The number of halogens is 1. The monoisotopic (exact) mass is 446 g/mol. The average molecular weight is 446 g/mol. The van der Waals surface area contributed by atoms with Crippen molar-refractivity contribution in [2.45, 2.75) is 45.1 Å². The number of nitrogens with zero attached hydrogens (tertiary/aromatic N) is 4. The second-order valence-electron chi connectivity index (χ2n) is 8.17. The molecule has 0 aliphatic carbocycles. The van der Waals surface area contributed by atoms with Gasteiger partial charge in [-0.05, 0) is 43.2 Å². The number of benzene rings is 2. The lowest BCUT2D eigenvalue weighted by molar-refractivity contribution is -0.116. The summed E-state index contributed by atoms with van der Waals surface area (Å²) in [5, 5.41) is 11.8. The molecule has 1 aliphatic rings. The number of carbonyl (C=O) groups is 1. The summed E-state index contributed by atoms with van der Waals surface area (Å²) < 4.78 is 16.6. The van der Waals surface area contributed by atoms with Crippen LogP contribution < -0.4 is 10.9 Å². The van der Waals surface area contributed by atoms with E-state index in [-0.39, 0.29) is 24.3 Å². The topological polar surface area (TPSA) is 106 Å². The van der Waals surface area contributed by atoms with Gasteiger partial charge in [-0.2, -0.15) is 0 Å². The molecule has 0 spiro atoms. The molecular formula is C24H23FN6O2. The number of hydrogen-bond acceptors (Lipinski definition) is 5. The van der Waals surface area contributed by atoms with Gasteiger partial charge in [-0.15, -0.1) is 10.2 Å². The van der Waals surface area contributed by atoms with Crippen LogP contribution in [0.3, 0.4) is 0 Å². The van der Waals surface area contributed by atoms with Gasteiger partial charge in [0.25, 0.3) is 5.56 Å². The Morgan fingerprint density at radius 1 is 1.12 bits per heavy atom. The van der Waals surface area contributed by atoms with Gasteiger partial charge in [0.2, 0.25) is 5.91 Å². The van der Waals surface area contributed by atoms with E-state index in [1.54, 1.807) is 24.3 Å². The number of nitrogens with one attached hydrogen (secondary N) is 2. The zero-order valence-corrected chi connectivity index (χ0v) is 18.0. The van der Waals surface area contributed by atoms with E-state index in [9.17, 15) is 14.0 Å². The van der Waals surface area contributed by atoms with Gasteiger partial charge in [-0.25, -0.2) is 9.37 Å². The molecule has 1 amide bonds. The number of aryl methyl sites for hydroxylation is 2. The van der Waals surface area contributed by atoms with Gasteiger partial charge >= 0.3 is 0 Å². The minimum Gasteiger partial charge on any atom is -0.326 e. The zero-order valence-electron chi connectivity index (χ0n) is 18.0. The summed E-state index contributed by atoms with van der Waals surface area (Å²) >= 11 is 0. The lowest BCUT2D eigenvalue weighted by Gasteiger charge is -2.10. The first kappa shape index (κ1) is 21.0. The molecule has 0 saturated heterocycles. The van der Waals surface area contributed by atoms with Crippen molar-refractivity contribution in [3.63, 3.8) is 0 Å². The molecule has 2 N–H and O–H groups in total. The fourth-order valence-electron chi connectivity index (χ4n) is 4.17. The Morgan fingerprint density at radius 2 is 2.00 bits per heavy atom. The van der Waals surface area contributed by atoms with E-state index in [0.29, 0.717) is 33.8 Å². The van der Waals surface area contributed by atoms with E-state index in [2.05, 4.69) is 25.5 Å². The van der Waals surface area contributed by atoms with Crippen molar-refractivity contribution >= 4 is 22.5 Å². The lowest BCUT2D eigenvalue weighted by Crippen LogP contribution is -2.16. The summed E-state index contributed by atoms with van der Waals surface area (Å²) in [6.07, 6.45) is 4.38. The number of anilines is 1. The average Bonchev–Trinajstić information content (AvgIpc) is 3.06. The molecular weight excluding hydrogens is 423 g/mol. The van der Waals surface area contributed by atoms with Crippen LogP contribution in [0.15, 0.2) is 47.3 Å². The maximum Gasteiger partial charge on any atom is 0.258 e. The molecule has 9 heteroatoms. The molecule has 0 radical (unpaired) electrons. The van der Waals surface area contributed by atoms with E-state index in [1.807, 2.05) is 10.6 Å². The smallest absolute Gasteiger partial charge is 0.258 e. The second-order valence-corrected chi connectivity index (χ2v) is 8.17. The fraction of sp³-hybridized carbons (Fsp3) is 0.292. The molecule has 0 fully saturated rings. The van der Waals surface area contributed by atoms with Crippen molar-refractivity contribution < 1.29 is 9.18 Å². The van der Waals surface area contributed by atoms with Crippen LogP contribution in [0.1, 0.15) is 37.3 Å². The number of carbonyl (C=O) groups excluding carboxylic acids is 1. The van der Waals surface area contributed by atoms with Gasteiger partial charge in [-0.1, -0.05) is 18.6 Å². The number of aromatic amines is 1. The van der Waals surface area contributed by atoms with Gasteiger partial charge in [0.15, 0.2) is 5.82 Å². The largest absolute Gasteiger partial charge is 0.326 e. The third-order valence-electron chi connectivity index (χ3n) is 5.85. The van der Waals surface area contributed by atoms with Gasteiger partial charge in [-0.3, -0.25) is 9.59 Å². The van der Waals surface area contributed by atoms with E-state index in [0.717, 1.165) is 38.1 Å². The number of rotatable bonds is 5. The molecule has 2 aromatic heterocycles. The minimum absolute atomic E-state index is 0.119. The highest BCUT2D eigenvalue weighted by Crippen LogP contribution is 2.27. The van der Waals surface area contributed by atoms with E-state index in [1.165, 1.54) is 12.1 Å². The van der Waals surface area contributed by atoms with Crippen molar-refractivity contribution in [1.82, 2.24) is 24.7 Å². The van der Waals surface area contributed by atoms with Crippen LogP contribution in [0, 0.1) is 5.82 Å². The molecule has 1 aliphatic heterocycles. The number of para-hydroxylation sites is 1. The van der Waals surface area contributed by atoms with Gasteiger partial charge in [0.1, 0.15) is 17.5 Å². The van der Waals surface area contributed by atoms with Crippen molar-refractivity contribution in [2.75, 3.05) is 5.32 Å². The molecule has 2 aromatic carbocycles. The third-order valence-corrected chi connectivity index (χ3v) is 5.85. The van der Waals surface area contributed by atoms with Crippen LogP contribution in [0.25, 0.3) is 22.3 Å². The molecule has 3 heterocycles. The maximum absolute atomic E-state index is 14.6. The standard InChI is InChI=1S/C24H23FN6O2/c25-18-10-9-15(14-17(18)23-30-29-21-8-2-1-5-13-31(21)23)26-22(32)12-11-20-27-19-7-4-3-6-16(19)24(33)28-20/h3-4,6-7,9-10,14H,1-2,5,8,11-13H2,(H,26,32)(H,27,28,33). The summed E-state index contributed by atoms with van der Waals surface area (Å²) in [6.45, 7) is 0.755. The van der Waals surface area contributed by atoms with Gasteiger partial charge in [0, 0.05) is 31.5 Å². The molecule has 33 heavy (non-hydrogen) atoms. The number of hydrogen-bond donors (Lipinski definition) is 2. The Hall–Kier alpha value is -3.88. The van der Waals surface area contributed by atoms with E-state index < -0.39 is 5.82 Å². The third kappa shape index (κ3) is 4.39.